The maximum atomic E-state index is 12.8. The maximum Gasteiger partial charge on any atom is 0.299 e. The summed E-state index contributed by atoms with van der Waals surface area (Å²) in [5, 5.41) is 22.4. The first-order valence-corrected chi connectivity index (χ1v) is 14.0. The lowest BCUT2D eigenvalue weighted by Gasteiger charge is -2.16. The van der Waals surface area contributed by atoms with Gasteiger partial charge in [0.15, 0.2) is 5.75 Å². The van der Waals surface area contributed by atoms with Crippen LogP contribution in [-0.2, 0) is 28.6 Å². The fourth-order valence-corrected chi connectivity index (χ4v) is 5.14. The molecule has 3 aromatic carbocycles. The molecule has 13 nitrogen and oxygen atoms in total. The number of nitrogens with zero attached hydrogens (tertiary/aromatic N) is 5. The summed E-state index contributed by atoms with van der Waals surface area (Å²) < 4.78 is 60.2. The predicted molar refractivity (Wildman–Crippen MR) is 144 cm³/mol. The Kier molecular flexibility index (Phi) is 7.92. The third-order valence-electron chi connectivity index (χ3n) is 5.41. The van der Waals surface area contributed by atoms with Crippen LogP contribution < -0.4 is 11.0 Å². The van der Waals surface area contributed by atoms with Gasteiger partial charge in [-0.1, -0.05) is 25.0 Å². The van der Waals surface area contributed by atoms with E-state index in [1.807, 2.05) is 0 Å². The highest BCUT2D eigenvalue weighted by Crippen LogP contribution is 2.46. The Labute approximate surface area is 225 Å². The van der Waals surface area contributed by atoms with E-state index in [-0.39, 0.29) is 27.3 Å². The number of azo groups is 1. The lowest BCUT2D eigenvalue weighted by Crippen LogP contribution is -2.23. The minimum Gasteiger partial charge on any atom is -0.505 e. The second-order valence-corrected chi connectivity index (χ2v) is 11.3. The minimum atomic E-state index is -4.44. The van der Waals surface area contributed by atoms with Gasteiger partial charge in [-0.15, -0.1) is 5.11 Å². The molecule has 0 aliphatic heterocycles. The topological polar surface area (TPSA) is 182 Å². The summed E-state index contributed by atoms with van der Waals surface area (Å²) in [4.78, 5) is 11.8. The number of fused-ring (bicyclic) bond motifs is 1. The van der Waals surface area contributed by atoms with Gasteiger partial charge in [-0.3, -0.25) is 8.37 Å². The number of phenols is 1. The molecule has 39 heavy (non-hydrogen) atoms. The molecule has 0 bridgehead atoms. The van der Waals surface area contributed by atoms with Crippen LogP contribution in [0.4, 0.5) is 23.0 Å². The van der Waals surface area contributed by atoms with Crippen molar-refractivity contribution in [2.45, 2.75) is 23.5 Å². The number of hydrogen-bond acceptors (Lipinski definition) is 13. The second-order valence-electron chi connectivity index (χ2n) is 7.90. The molecule has 1 heterocycles. The average molecular weight is 569 g/mol. The van der Waals surface area contributed by atoms with Crippen molar-refractivity contribution in [3.63, 3.8) is 0 Å². The van der Waals surface area contributed by atoms with Crippen LogP contribution in [0.25, 0.3) is 10.8 Å². The van der Waals surface area contributed by atoms with E-state index < -0.39 is 36.6 Å². The molecule has 1 aromatic heterocycles. The van der Waals surface area contributed by atoms with Gasteiger partial charge in [0.2, 0.25) is 13.2 Å². The minimum absolute atomic E-state index is 0.00969. The lowest BCUT2D eigenvalue weighted by molar-refractivity contribution is 0.397. The number of aromatic nitrogens is 3. The summed E-state index contributed by atoms with van der Waals surface area (Å²) in [6, 6.07) is 11.9. The van der Waals surface area contributed by atoms with Crippen molar-refractivity contribution in [1.82, 2.24) is 15.0 Å². The van der Waals surface area contributed by atoms with E-state index in [4.69, 9.17) is 0 Å². The number of anilines is 2. The van der Waals surface area contributed by atoms with Crippen molar-refractivity contribution in [2.24, 2.45) is 10.2 Å². The largest absolute Gasteiger partial charge is 0.505 e. The molecule has 201 valence electrons. The zero-order chi connectivity index (χ0) is 28.4. The first-order chi connectivity index (χ1) is 18.5. The van der Waals surface area contributed by atoms with Gasteiger partial charge in [0.1, 0.15) is 16.4 Å². The monoisotopic (exact) mass is 569 g/mol. The van der Waals surface area contributed by atoms with Crippen LogP contribution in [0.2, 0.25) is 6.82 Å². The Morgan fingerprint density at radius 1 is 0.923 bits per heavy atom. The van der Waals surface area contributed by atoms with Crippen molar-refractivity contribution in [1.29, 1.82) is 0 Å². The van der Waals surface area contributed by atoms with Gasteiger partial charge in [0.25, 0.3) is 20.2 Å². The number of benzene rings is 3. The zero-order valence-corrected chi connectivity index (χ0v) is 22.8. The van der Waals surface area contributed by atoms with Crippen molar-refractivity contribution in [3.05, 3.63) is 54.4 Å². The summed E-state index contributed by atoms with van der Waals surface area (Å²) in [6.45, 7) is 3.37. The molecule has 4 aromatic rings. The van der Waals surface area contributed by atoms with Crippen molar-refractivity contribution in [3.8, 4) is 5.75 Å². The fourth-order valence-electron chi connectivity index (χ4n) is 3.59. The molecule has 16 heteroatoms. The average Bonchev–Trinajstić information content (AvgIpc) is 2.92. The standard InChI is InChI=1S/C23H22BN6O7S2/c1-13-25-22(24-2)28-23(26-13)27-17-12-16(38(32,33)36-3)10-14-11-18(39(34,35)37-4)20(21(31)19(14)17)30-29-15-8-6-5-7-9-15/h5-12,31H,1-4H3,(H,25,26,27,28). The first-order valence-electron chi connectivity index (χ1n) is 11.2. The highest BCUT2D eigenvalue weighted by molar-refractivity contribution is 7.87. The van der Waals surface area contributed by atoms with Gasteiger partial charge in [0.05, 0.1) is 36.2 Å². The number of hydrogen-bond donors (Lipinski definition) is 2. The van der Waals surface area contributed by atoms with Crippen molar-refractivity contribution in [2.75, 3.05) is 19.5 Å². The Hall–Kier alpha value is -3.99. The molecular formula is C23H22BN6O7S2. The quantitative estimate of drug-likeness (QED) is 0.171. The summed E-state index contributed by atoms with van der Waals surface area (Å²) >= 11 is 0. The molecule has 4 rings (SSSR count). The molecule has 0 fully saturated rings. The number of phenolic OH excluding ortho intramolecular Hbond substituents is 1. The highest BCUT2D eigenvalue weighted by atomic mass is 32.2. The van der Waals surface area contributed by atoms with Crippen molar-refractivity contribution >= 4 is 67.0 Å². The molecule has 2 N–H and O–H groups in total. The summed E-state index contributed by atoms with van der Waals surface area (Å²) in [5.41, 5.74) is 0.338. The van der Waals surface area contributed by atoms with E-state index >= 15 is 0 Å². The fraction of sp³-hybridized carbons (Fsp3) is 0.174. The highest BCUT2D eigenvalue weighted by Gasteiger charge is 2.27. The van der Waals surface area contributed by atoms with Crippen LogP contribution in [0.3, 0.4) is 0 Å². The van der Waals surface area contributed by atoms with E-state index in [0.29, 0.717) is 17.2 Å². The molecule has 0 unspecified atom stereocenters. The Morgan fingerprint density at radius 2 is 1.62 bits per heavy atom. The van der Waals surface area contributed by atoms with E-state index in [2.05, 4.69) is 38.9 Å². The molecule has 0 spiro atoms. The summed E-state index contributed by atoms with van der Waals surface area (Å²) in [7, 11) is -5.12. The van der Waals surface area contributed by atoms with E-state index in [9.17, 15) is 21.9 Å². The van der Waals surface area contributed by atoms with E-state index in [1.54, 1.807) is 51.4 Å². The van der Waals surface area contributed by atoms with Crippen LogP contribution in [-0.4, -0.2) is 58.4 Å². The first kappa shape index (κ1) is 28.0. The third kappa shape index (κ3) is 5.88. The van der Waals surface area contributed by atoms with Crippen LogP contribution >= 0.6 is 0 Å². The number of aryl methyl sites for hydroxylation is 1. The predicted octanol–water partition coefficient (Wildman–Crippen LogP) is 3.25. The lowest BCUT2D eigenvalue weighted by atomic mass is 9.81. The van der Waals surface area contributed by atoms with Crippen LogP contribution in [0.1, 0.15) is 5.82 Å². The molecule has 0 saturated heterocycles. The molecule has 0 atom stereocenters. The maximum absolute atomic E-state index is 12.8. The number of nitrogens with one attached hydrogen (secondary N) is 1. The molecule has 0 amide bonds. The van der Waals surface area contributed by atoms with Gasteiger partial charge in [-0.2, -0.15) is 26.9 Å². The summed E-state index contributed by atoms with van der Waals surface area (Å²) in [5.74, 6) is -0.190. The van der Waals surface area contributed by atoms with E-state index in [1.165, 1.54) is 6.07 Å². The number of rotatable bonds is 9. The zero-order valence-electron chi connectivity index (χ0n) is 21.1. The van der Waals surface area contributed by atoms with Gasteiger partial charge >= 0.3 is 0 Å². The van der Waals surface area contributed by atoms with Gasteiger partial charge in [0, 0.05) is 5.39 Å². The molecular weight excluding hydrogens is 547 g/mol. The van der Waals surface area contributed by atoms with Crippen LogP contribution in [0, 0.1) is 6.92 Å². The Morgan fingerprint density at radius 3 is 2.26 bits per heavy atom. The second kappa shape index (κ2) is 11.0. The molecule has 0 aliphatic rings. The molecule has 1 radical (unpaired) electrons. The molecule has 0 aliphatic carbocycles. The van der Waals surface area contributed by atoms with E-state index in [0.717, 1.165) is 26.4 Å². The van der Waals surface area contributed by atoms with Crippen LogP contribution in [0.5, 0.6) is 5.75 Å². The third-order valence-corrected chi connectivity index (χ3v) is 7.95. The number of aromatic hydroxyl groups is 1. The summed E-state index contributed by atoms with van der Waals surface area (Å²) in [6.07, 6.45) is 0. The normalized spacial score (nSPS) is 12.2. The van der Waals surface area contributed by atoms with Gasteiger partial charge in [-0.05, 0) is 42.6 Å². The van der Waals surface area contributed by atoms with Gasteiger partial charge < -0.3 is 10.4 Å². The Balaban J connectivity index is 2.06. The van der Waals surface area contributed by atoms with Gasteiger partial charge in [-0.25, -0.2) is 9.97 Å². The van der Waals surface area contributed by atoms with Crippen molar-refractivity contribution < 1.29 is 30.3 Å². The SMILES string of the molecule is C[B]c1nc(C)nc(Nc2cc(S(=O)(=O)OC)cc3cc(S(=O)(=O)OC)c(N=Nc4ccccc4)c(O)c23)n1. The smallest absolute Gasteiger partial charge is 0.299 e. The Bertz CT molecular complexity index is 1800. The molecule has 0 saturated carbocycles. The van der Waals surface area contributed by atoms with Crippen LogP contribution in [0.15, 0.2) is 68.6 Å².